The predicted molar refractivity (Wildman–Crippen MR) is 63.4 cm³/mol. The third-order valence-corrected chi connectivity index (χ3v) is 3.21. The molecular weight excluding hydrogens is 274 g/mol. The van der Waals surface area contributed by atoms with Gasteiger partial charge in [0.05, 0.1) is 5.56 Å². The van der Waals surface area contributed by atoms with Gasteiger partial charge in [0, 0.05) is 4.47 Å². The monoisotopic (exact) mass is 285 g/mol. The van der Waals surface area contributed by atoms with Crippen LogP contribution < -0.4 is 5.32 Å². The Morgan fingerprint density at radius 2 is 2.06 bits per heavy atom. The number of aliphatic carboxylic acids is 1. The van der Waals surface area contributed by atoms with Crippen LogP contribution in [0.4, 0.5) is 0 Å². The Bertz CT molecular complexity index is 431. The highest BCUT2D eigenvalue weighted by Gasteiger charge is 2.17. The minimum absolute atomic E-state index is 0.398. The highest BCUT2D eigenvalue weighted by Crippen LogP contribution is 2.20. The van der Waals surface area contributed by atoms with Gasteiger partial charge in [0.25, 0.3) is 5.91 Å². The van der Waals surface area contributed by atoms with E-state index in [1.54, 1.807) is 12.1 Å². The smallest absolute Gasteiger partial charge is 0.325 e. The molecule has 0 heterocycles. The maximum atomic E-state index is 11.7. The van der Waals surface area contributed by atoms with Gasteiger partial charge in [-0.1, -0.05) is 12.1 Å². The fourth-order valence-corrected chi connectivity index (χ4v) is 1.60. The first kappa shape index (κ1) is 12.7. The lowest BCUT2D eigenvalue weighted by Crippen LogP contribution is -2.38. The number of carbonyl (C=O) groups is 2. The summed E-state index contributed by atoms with van der Waals surface area (Å²) in [7, 11) is 0. The van der Waals surface area contributed by atoms with E-state index in [9.17, 15) is 9.59 Å². The largest absolute Gasteiger partial charge is 0.480 e. The van der Waals surface area contributed by atoms with E-state index in [-0.39, 0.29) is 0 Å². The summed E-state index contributed by atoms with van der Waals surface area (Å²) in [5, 5.41) is 11.1. The van der Waals surface area contributed by atoms with Gasteiger partial charge in [0.15, 0.2) is 0 Å². The molecule has 1 unspecified atom stereocenters. The minimum Gasteiger partial charge on any atom is -0.480 e. The Morgan fingerprint density at radius 3 is 2.62 bits per heavy atom. The first-order valence-corrected chi connectivity index (χ1v) is 5.51. The lowest BCUT2D eigenvalue weighted by molar-refractivity contribution is -0.138. The van der Waals surface area contributed by atoms with E-state index in [0.29, 0.717) is 10.0 Å². The van der Waals surface area contributed by atoms with E-state index in [4.69, 9.17) is 5.11 Å². The molecule has 86 valence electrons. The summed E-state index contributed by atoms with van der Waals surface area (Å²) < 4.78 is 0.685. The number of carboxylic acids is 1. The molecule has 0 saturated carbocycles. The van der Waals surface area contributed by atoms with Crippen LogP contribution in [-0.2, 0) is 4.79 Å². The number of benzene rings is 1. The van der Waals surface area contributed by atoms with Crippen LogP contribution in [0.2, 0.25) is 0 Å². The van der Waals surface area contributed by atoms with Crippen molar-refractivity contribution in [3.8, 4) is 0 Å². The minimum atomic E-state index is -1.06. The van der Waals surface area contributed by atoms with E-state index in [0.717, 1.165) is 5.56 Å². The van der Waals surface area contributed by atoms with Crippen LogP contribution in [-0.4, -0.2) is 23.0 Å². The SMILES string of the molecule is Cc1cccc(C(=O)NC(C)C(=O)O)c1Br. The fourth-order valence-electron chi connectivity index (χ4n) is 1.16. The van der Waals surface area contributed by atoms with Gasteiger partial charge >= 0.3 is 5.97 Å². The topological polar surface area (TPSA) is 66.4 Å². The van der Waals surface area contributed by atoms with Gasteiger partial charge in [0.1, 0.15) is 6.04 Å². The Morgan fingerprint density at radius 1 is 1.44 bits per heavy atom. The Kier molecular flexibility index (Phi) is 4.06. The van der Waals surface area contributed by atoms with Crippen LogP contribution in [0.15, 0.2) is 22.7 Å². The van der Waals surface area contributed by atoms with Crippen molar-refractivity contribution in [2.75, 3.05) is 0 Å². The highest BCUT2D eigenvalue weighted by molar-refractivity contribution is 9.10. The molecule has 0 saturated heterocycles. The van der Waals surface area contributed by atoms with Crippen LogP contribution in [0.1, 0.15) is 22.8 Å². The third kappa shape index (κ3) is 2.82. The molecule has 0 aliphatic heterocycles. The van der Waals surface area contributed by atoms with Gasteiger partial charge in [0.2, 0.25) is 0 Å². The molecule has 4 nitrogen and oxygen atoms in total. The van der Waals surface area contributed by atoms with Crippen LogP contribution in [0.25, 0.3) is 0 Å². The number of carbonyl (C=O) groups excluding carboxylic acids is 1. The normalized spacial score (nSPS) is 11.9. The zero-order valence-corrected chi connectivity index (χ0v) is 10.5. The van der Waals surface area contributed by atoms with E-state index < -0.39 is 17.9 Å². The van der Waals surface area contributed by atoms with E-state index in [1.165, 1.54) is 6.92 Å². The first-order chi connectivity index (χ1) is 7.43. The molecule has 1 atom stereocenters. The van der Waals surface area contributed by atoms with Crippen molar-refractivity contribution in [3.05, 3.63) is 33.8 Å². The average molecular weight is 286 g/mol. The van der Waals surface area contributed by atoms with Gasteiger partial charge in [-0.2, -0.15) is 0 Å². The number of halogens is 1. The Labute approximate surface area is 102 Å². The standard InChI is InChI=1S/C11H12BrNO3/c1-6-4-3-5-8(9(6)12)10(14)13-7(2)11(15)16/h3-5,7H,1-2H3,(H,13,14)(H,15,16). The average Bonchev–Trinajstić information content (AvgIpc) is 2.21. The summed E-state index contributed by atoms with van der Waals surface area (Å²) in [6.07, 6.45) is 0. The molecular formula is C11H12BrNO3. The Balaban J connectivity index is 2.89. The fraction of sp³-hybridized carbons (Fsp3) is 0.273. The summed E-state index contributed by atoms with van der Waals surface area (Å²) in [5.74, 6) is -1.46. The molecule has 0 aliphatic carbocycles. The third-order valence-electron chi connectivity index (χ3n) is 2.15. The van der Waals surface area contributed by atoms with Crippen molar-refractivity contribution in [1.29, 1.82) is 0 Å². The maximum absolute atomic E-state index is 11.7. The summed E-state index contributed by atoms with van der Waals surface area (Å²) >= 11 is 3.30. The van der Waals surface area contributed by atoms with Gasteiger partial charge in [-0.25, -0.2) is 0 Å². The Hall–Kier alpha value is -1.36. The number of hydrogen-bond acceptors (Lipinski definition) is 2. The molecule has 1 rings (SSSR count). The zero-order chi connectivity index (χ0) is 12.3. The quantitative estimate of drug-likeness (QED) is 0.892. The molecule has 0 aromatic heterocycles. The number of aryl methyl sites for hydroxylation is 1. The second-order valence-electron chi connectivity index (χ2n) is 3.47. The number of nitrogens with one attached hydrogen (secondary N) is 1. The van der Waals surface area contributed by atoms with Gasteiger partial charge in [-0.3, -0.25) is 9.59 Å². The predicted octanol–water partition coefficient (Wildman–Crippen LogP) is 1.96. The second kappa shape index (κ2) is 5.12. The molecule has 1 amide bonds. The first-order valence-electron chi connectivity index (χ1n) is 4.72. The number of hydrogen-bond donors (Lipinski definition) is 2. The lowest BCUT2D eigenvalue weighted by Gasteiger charge is -2.11. The van der Waals surface area contributed by atoms with Crippen molar-refractivity contribution in [1.82, 2.24) is 5.32 Å². The molecule has 0 fully saturated rings. The van der Waals surface area contributed by atoms with E-state index >= 15 is 0 Å². The van der Waals surface area contributed by atoms with Gasteiger partial charge in [-0.15, -0.1) is 0 Å². The van der Waals surface area contributed by atoms with Crippen molar-refractivity contribution >= 4 is 27.8 Å². The molecule has 1 aromatic carbocycles. The molecule has 16 heavy (non-hydrogen) atoms. The zero-order valence-electron chi connectivity index (χ0n) is 8.95. The molecule has 0 aliphatic rings. The van der Waals surface area contributed by atoms with E-state index in [1.807, 2.05) is 13.0 Å². The number of carboxylic acid groups (broad SMARTS) is 1. The summed E-state index contributed by atoms with van der Waals surface area (Å²) in [4.78, 5) is 22.3. The van der Waals surface area contributed by atoms with Crippen LogP contribution in [0.5, 0.6) is 0 Å². The lowest BCUT2D eigenvalue weighted by atomic mass is 10.1. The molecule has 2 N–H and O–H groups in total. The molecule has 0 spiro atoms. The molecule has 5 heteroatoms. The van der Waals surface area contributed by atoms with Gasteiger partial charge in [-0.05, 0) is 41.4 Å². The van der Waals surface area contributed by atoms with Crippen LogP contribution in [0, 0.1) is 6.92 Å². The number of rotatable bonds is 3. The maximum Gasteiger partial charge on any atom is 0.325 e. The number of amides is 1. The van der Waals surface area contributed by atoms with Crippen LogP contribution in [0.3, 0.4) is 0 Å². The van der Waals surface area contributed by atoms with E-state index in [2.05, 4.69) is 21.2 Å². The molecule has 0 bridgehead atoms. The molecule has 0 radical (unpaired) electrons. The van der Waals surface area contributed by atoms with Crippen molar-refractivity contribution < 1.29 is 14.7 Å². The highest BCUT2D eigenvalue weighted by atomic mass is 79.9. The summed E-state index contributed by atoms with van der Waals surface area (Å²) in [5.41, 5.74) is 1.36. The van der Waals surface area contributed by atoms with Crippen molar-refractivity contribution in [2.45, 2.75) is 19.9 Å². The van der Waals surface area contributed by atoms with Crippen molar-refractivity contribution in [3.63, 3.8) is 0 Å². The summed E-state index contributed by atoms with van der Waals surface area (Å²) in [6.45, 7) is 3.28. The second-order valence-corrected chi connectivity index (χ2v) is 4.26. The van der Waals surface area contributed by atoms with Crippen molar-refractivity contribution in [2.24, 2.45) is 0 Å². The van der Waals surface area contributed by atoms with Gasteiger partial charge < -0.3 is 10.4 Å². The molecule has 1 aromatic rings. The summed E-state index contributed by atoms with van der Waals surface area (Å²) in [6, 6.07) is 4.35. The van der Waals surface area contributed by atoms with Crippen LogP contribution >= 0.6 is 15.9 Å².